The molecular weight excluding hydrogens is 746 g/mol. The van der Waals surface area contributed by atoms with Crippen LogP contribution in [0, 0.1) is 24.7 Å². The topological polar surface area (TPSA) is 131 Å². The average molecular weight is 796 g/mol. The largest absolute Gasteiger partial charge is 0.490 e. The molecule has 6 atom stereocenters. The zero-order chi connectivity index (χ0) is 38.3. The minimum atomic E-state index is -4.00. The molecule has 2 aliphatic heterocycles. The fraction of sp³-hybridized carbons (Fsp3) is 0.488. The summed E-state index contributed by atoms with van der Waals surface area (Å²) < 4.78 is 71.0. The molecule has 4 aliphatic rings. The van der Waals surface area contributed by atoms with Crippen molar-refractivity contribution in [2.24, 2.45) is 17.8 Å². The summed E-state index contributed by atoms with van der Waals surface area (Å²) in [4.78, 5) is 16.1. The second-order valence-electron chi connectivity index (χ2n) is 15.7. The number of carbonyl (C=O) groups excluding carboxylic acids is 1. The van der Waals surface area contributed by atoms with E-state index in [0.29, 0.717) is 36.9 Å². The summed E-state index contributed by atoms with van der Waals surface area (Å²) in [5.74, 6) is 0.0806. The zero-order valence-electron chi connectivity index (χ0n) is 31.1. The first-order valence-electron chi connectivity index (χ1n) is 19.0. The van der Waals surface area contributed by atoms with Gasteiger partial charge in [-0.05, 0) is 124 Å². The van der Waals surface area contributed by atoms with Crippen LogP contribution >= 0.6 is 11.6 Å². The molecule has 1 saturated carbocycles. The van der Waals surface area contributed by atoms with Gasteiger partial charge in [-0.15, -0.1) is 0 Å². The van der Waals surface area contributed by atoms with Crippen molar-refractivity contribution in [3.05, 3.63) is 100 Å². The number of fused-ring (bicyclic) bond motifs is 4. The maximum absolute atomic E-state index is 13.6. The van der Waals surface area contributed by atoms with Crippen LogP contribution in [0.4, 0.5) is 5.69 Å². The molecule has 2 N–H and O–H groups in total. The van der Waals surface area contributed by atoms with Crippen molar-refractivity contribution < 1.29 is 31.1 Å². The highest BCUT2D eigenvalue weighted by Crippen LogP contribution is 2.47. The van der Waals surface area contributed by atoms with E-state index in [1.807, 2.05) is 32.1 Å². The first-order chi connectivity index (χ1) is 25.7. The third-order valence-corrected chi connectivity index (χ3v) is 15.7. The molecule has 2 heterocycles. The molecule has 3 aromatic carbocycles. The summed E-state index contributed by atoms with van der Waals surface area (Å²) in [5, 5.41) is -0.131. The first-order valence-corrected chi connectivity index (χ1v) is 22.4. The van der Waals surface area contributed by atoms with Gasteiger partial charge in [0.1, 0.15) is 5.75 Å². The lowest BCUT2D eigenvalue weighted by molar-refractivity contribution is -0.0116. The summed E-state index contributed by atoms with van der Waals surface area (Å²) in [6, 6.07) is 18.1. The van der Waals surface area contributed by atoms with E-state index < -0.39 is 31.2 Å². The molecule has 1 spiro atoms. The predicted octanol–water partition coefficient (Wildman–Crippen LogP) is 6.56. The summed E-state index contributed by atoms with van der Waals surface area (Å²) in [6.45, 7) is 7.45. The Bertz CT molecular complexity index is 2130. The van der Waals surface area contributed by atoms with Crippen LogP contribution in [0.1, 0.15) is 73.0 Å². The number of hydrogen-bond donors (Lipinski definition) is 2. The highest BCUT2D eigenvalue weighted by Gasteiger charge is 2.44. The molecular formula is C41H50ClN3O7S2. The molecule has 2 bridgehead atoms. The number of rotatable bonds is 6. The fourth-order valence-electron chi connectivity index (χ4n) is 8.49. The first kappa shape index (κ1) is 38.8. The third-order valence-electron chi connectivity index (χ3n) is 12.0. The van der Waals surface area contributed by atoms with Crippen LogP contribution in [0.5, 0.6) is 5.75 Å². The van der Waals surface area contributed by atoms with E-state index in [9.17, 15) is 21.6 Å². The van der Waals surface area contributed by atoms with Crippen LogP contribution in [0.2, 0.25) is 5.02 Å². The summed E-state index contributed by atoms with van der Waals surface area (Å²) >= 11 is 6.46. The fourth-order valence-corrected chi connectivity index (χ4v) is 11.0. The van der Waals surface area contributed by atoms with Crippen LogP contribution in [0.3, 0.4) is 0 Å². The Hall–Kier alpha value is -3.42. The van der Waals surface area contributed by atoms with Crippen LogP contribution in [0.25, 0.3) is 0 Å². The zero-order valence-corrected chi connectivity index (χ0v) is 33.5. The molecule has 54 heavy (non-hydrogen) atoms. The highest BCUT2D eigenvalue weighted by atomic mass is 35.5. The quantitative estimate of drug-likeness (QED) is 0.212. The number of aryl methyl sites for hydroxylation is 2. The minimum absolute atomic E-state index is 0.106. The molecule has 0 aromatic heterocycles. The van der Waals surface area contributed by atoms with Gasteiger partial charge in [-0.1, -0.05) is 54.4 Å². The minimum Gasteiger partial charge on any atom is -0.490 e. The molecule has 1 fully saturated rings. The molecule has 290 valence electrons. The van der Waals surface area contributed by atoms with Crippen molar-refractivity contribution in [2.45, 2.75) is 81.0 Å². The Morgan fingerprint density at radius 2 is 1.87 bits per heavy atom. The standard InChI is InChI=1S/C41H50ClN3O7S2/c1-27-9-14-34(15-10-27)54(49,50)43-20-21-51-38-8-4-6-28(2)29(3)53(47,48)44-40(46)31-12-18-39-37(23-31)45(24-32-11-16-35(32)38)25-41(26-52-39)19-5-7-30-22-33(42)13-17-36(30)41/h4,8-10,12-15,17-18,22-23,28-29,32,35,38,43H,5-7,11,16,19-21,24-26H2,1-3H3,(H,44,46)/b8-4-/t28-,29+,32-,35+,38-,41-/m0/s1. The van der Waals surface area contributed by atoms with Gasteiger partial charge < -0.3 is 14.4 Å². The number of sulfonamides is 2. The Labute approximate surface area is 324 Å². The van der Waals surface area contributed by atoms with E-state index in [-0.39, 0.29) is 52.9 Å². The van der Waals surface area contributed by atoms with Crippen LogP contribution in [-0.4, -0.2) is 66.9 Å². The molecule has 2 aliphatic carbocycles. The lowest BCUT2D eigenvalue weighted by Crippen LogP contribution is -2.50. The molecule has 10 nitrogen and oxygen atoms in total. The van der Waals surface area contributed by atoms with Crippen LogP contribution in [-0.2, 0) is 36.6 Å². The maximum Gasteiger partial charge on any atom is 0.264 e. The second kappa shape index (κ2) is 15.6. The number of halogens is 1. The molecule has 3 aromatic rings. The summed E-state index contributed by atoms with van der Waals surface area (Å²) in [6.07, 6.45) is 8.92. The van der Waals surface area contributed by atoms with Crippen molar-refractivity contribution >= 4 is 43.2 Å². The maximum atomic E-state index is 13.6. The summed E-state index contributed by atoms with van der Waals surface area (Å²) in [7, 11) is -7.70. The lowest BCUT2D eigenvalue weighted by atomic mass is 9.68. The van der Waals surface area contributed by atoms with Gasteiger partial charge in [-0.3, -0.25) is 4.79 Å². The van der Waals surface area contributed by atoms with Gasteiger partial charge >= 0.3 is 0 Å². The Morgan fingerprint density at radius 1 is 1.07 bits per heavy atom. The number of carbonyl (C=O) groups is 1. The molecule has 13 heteroatoms. The molecule has 0 unspecified atom stereocenters. The second-order valence-corrected chi connectivity index (χ2v) is 19.9. The van der Waals surface area contributed by atoms with Crippen LogP contribution < -0.4 is 19.1 Å². The van der Waals surface area contributed by atoms with Gasteiger partial charge in [0.05, 0.1) is 35.2 Å². The van der Waals surface area contributed by atoms with E-state index in [2.05, 4.69) is 26.5 Å². The molecule has 0 radical (unpaired) electrons. The van der Waals surface area contributed by atoms with Gasteiger partial charge in [-0.25, -0.2) is 26.3 Å². The van der Waals surface area contributed by atoms with Gasteiger partial charge in [0.25, 0.3) is 5.91 Å². The molecule has 0 saturated heterocycles. The van der Waals surface area contributed by atoms with Gasteiger partial charge in [0.15, 0.2) is 0 Å². The number of amides is 1. The number of allylic oxidation sites excluding steroid dienone is 1. The Kier molecular flexibility index (Phi) is 11.2. The number of benzene rings is 3. The van der Waals surface area contributed by atoms with E-state index >= 15 is 0 Å². The SMILES string of the molecule is Cc1ccc(S(=O)(=O)NCCO[C@H]2/C=C\C[C@H](C)[C@@H](C)S(=O)(=O)NC(=O)c3ccc4c(c3)N(C[C@@H]3CC[C@H]32)C[C@@]2(CCCc3cc(Cl)ccc32)CO4)cc1. The summed E-state index contributed by atoms with van der Waals surface area (Å²) in [5.41, 5.74) is 4.13. The number of nitrogens with zero attached hydrogens (tertiary/aromatic N) is 1. The number of nitrogens with one attached hydrogen (secondary N) is 2. The Morgan fingerprint density at radius 3 is 2.63 bits per heavy atom. The van der Waals surface area contributed by atoms with Gasteiger partial charge in [0.2, 0.25) is 20.0 Å². The highest BCUT2D eigenvalue weighted by molar-refractivity contribution is 7.90. The number of hydrogen-bond acceptors (Lipinski definition) is 8. The van der Waals surface area contributed by atoms with Crippen molar-refractivity contribution in [1.29, 1.82) is 0 Å². The van der Waals surface area contributed by atoms with E-state index in [1.54, 1.807) is 49.4 Å². The van der Waals surface area contributed by atoms with E-state index in [0.717, 1.165) is 43.4 Å². The molecule has 7 rings (SSSR count). The number of anilines is 1. The van der Waals surface area contributed by atoms with Crippen molar-refractivity contribution in [3.63, 3.8) is 0 Å². The third kappa shape index (κ3) is 8.09. The van der Waals surface area contributed by atoms with Gasteiger partial charge in [-0.2, -0.15) is 0 Å². The predicted molar refractivity (Wildman–Crippen MR) is 211 cm³/mol. The Balaban J connectivity index is 1.20. The van der Waals surface area contributed by atoms with Crippen molar-refractivity contribution in [3.8, 4) is 5.75 Å². The van der Waals surface area contributed by atoms with E-state index in [4.69, 9.17) is 21.1 Å². The smallest absolute Gasteiger partial charge is 0.264 e. The van der Waals surface area contributed by atoms with Crippen LogP contribution in [0.15, 0.2) is 77.7 Å². The average Bonchev–Trinajstić information content (AvgIpc) is 3.27. The van der Waals surface area contributed by atoms with Crippen molar-refractivity contribution in [2.75, 3.05) is 37.7 Å². The van der Waals surface area contributed by atoms with Crippen molar-refractivity contribution in [1.82, 2.24) is 9.44 Å². The molecule has 1 amide bonds. The normalized spacial score (nSPS) is 28.8. The number of ether oxygens (including phenoxy) is 2. The lowest BCUT2D eigenvalue weighted by Gasteiger charge is -2.46. The van der Waals surface area contributed by atoms with E-state index in [1.165, 1.54) is 11.1 Å². The van der Waals surface area contributed by atoms with Gasteiger partial charge in [0, 0.05) is 35.6 Å². The monoisotopic (exact) mass is 795 g/mol.